The molecule has 0 aliphatic heterocycles. The first-order valence-electron chi connectivity index (χ1n) is 4.36. The van der Waals surface area contributed by atoms with E-state index >= 15 is 0 Å². The quantitative estimate of drug-likeness (QED) is 0.863. The highest BCUT2D eigenvalue weighted by Gasteiger charge is 2.12. The number of rotatable bonds is 4. The van der Waals surface area contributed by atoms with E-state index in [2.05, 4.69) is 9.69 Å². The molecule has 1 amide bonds. The molecule has 0 aliphatic carbocycles. The molecule has 1 aromatic heterocycles. The zero-order chi connectivity index (χ0) is 10.6. The smallest absolute Gasteiger partial charge is 0.228 e. The summed E-state index contributed by atoms with van der Waals surface area (Å²) in [5.74, 6) is 0.972. The second kappa shape index (κ2) is 5.36. The van der Waals surface area contributed by atoms with E-state index in [0.29, 0.717) is 0 Å². The SMILES string of the molecule is CSCC(C)C(=O)Nc1cc(C)ns1. The van der Waals surface area contributed by atoms with E-state index in [-0.39, 0.29) is 11.8 Å². The molecular weight excluding hydrogens is 216 g/mol. The minimum Gasteiger partial charge on any atom is -0.316 e. The fourth-order valence-electron chi connectivity index (χ4n) is 0.993. The van der Waals surface area contributed by atoms with Gasteiger partial charge in [0.15, 0.2) is 0 Å². The Morgan fingerprint density at radius 2 is 2.50 bits per heavy atom. The van der Waals surface area contributed by atoms with E-state index in [1.165, 1.54) is 11.5 Å². The Bertz CT molecular complexity index is 312. The Kier molecular flexibility index (Phi) is 4.41. The topological polar surface area (TPSA) is 42.0 Å². The van der Waals surface area contributed by atoms with Crippen molar-refractivity contribution in [1.29, 1.82) is 0 Å². The van der Waals surface area contributed by atoms with Gasteiger partial charge < -0.3 is 5.32 Å². The lowest BCUT2D eigenvalue weighted by Crippen LogP contribution is -2.21. The Balaban J connectivity index is 2.48. The van der Waals surface area contributed by atoms with Gasteiger partial charge in [-0.2, -0.15) is 16.1 Å². The van der Waals surface area contributed by atoms with Crippen molar-refractivity contribution in [2.24, 2.45) is 5.92 Å². The first kappa shape index (κ1) is 11.5. The number of aromatic nitrogens is 1. The maximum atomic E-state index is 11.6. The maximum Gasteiger partial charge on any atom is 0.228 e. The van der Waals surface area contributed by atoms with Crippen molar-refractivity contribution in [3.05, 3.63) is 11.8 Å². The summed E-state index contributed by atoms with van der Waals surface area (Å²) in [4.78, 5) is 11.6. The van der Waals surface area contributed by atoms with Crippen molar-refractivity contribution < 1.29 is 4.79 Å². The van der Waals surface area contributed by atoms with E-state index in [1.54, 1.807) is 11.8 Å². The predicted octanol–water partition coefficient (Wildman–Crippen LogP) is 2.39. The maximum absolute atomic E-state index is 11.6. The average molecular weight is 230 g/mol. The van der Waals surface area contributed by atoms with Crippen molar-refractivity contribution in [3.8, 4) is 0 Å². The molecule has 5 heteroatoms. The first-order valence-corrected chi connectivity index (χ1v) is 6.53. The van der Waals surface area contributed by atoms with Crippen molar-refractivity contribution in [2.45, 2.75) is 13.8 Å². The van der Waals surface area contributed by atoms with Gasteiger partial charge in [0, 0.05) is 11.7 Å². The van der Waals surface area contributed by atoms with Gasteiger partial charge >= 0.3 is 0 Å². The molecule has 0 spiro atoms. The Morgan fingerprint density at radius 1 is 1.79 bits per heavy atom. The number of amides is 1. The molecule has 1 aromatic rings. The molecule has 1 atom stereocenters. The van der Waals surface area contributed by atoms with Crippen molar-refractivity contribution in [2.75, 3.05) is 17.3 Å². The minimum atomic E-state index is 0.0485. The zero-order valence-electron chi connectivity index (χ0n) is 8.53. The van der Waals surface area contributed by atoms with Gasteiger partial charge in [-0.3, -0.25) is 4.79 Å². The largest absolute Gasteiger partial charge is 0.316 e. The minimum absolute atomic E-state index is 0.0485. The lowest BCUT2D eigenvalue weighted by Gasteiger charge is -2.08. The van der Waals surface area contributed by atoms with Crippen LogP contribution in [0.4, 0.5) is 5.00 Å². The van der Waals surface area contributed by atoms with Gasteiger partial charge in [-0.15, -0.1) is 0 Å². The predicted molar refractivity (Wildman–Crippen MR) is 63.0 cm³/mol. The molecule has 0 bridgehead atoms. The third kappa shape index (κ3) is 3.31. The van der Waals surface area contributed by atoms with E-state index in [0.717, 1.165) is 16.4 Å². The number of nitrogens with zero attached hydrogens (tertiary/aromatic N) is 1. The van der Waals surface area contributed by atoms with Crippen LogP contribution < -0.4 is 5.32 Å². The molecule has 1 N–H and O–H groups in total. The summed E-state index contributed by atoms with van der Waals surface area (Å²) in [6.45, 7) is 3.84. The van der Waals surface area contributed by atoms with Crippen LogP contribution in [0.2, 0.25) is 0 Å². The van der Waals surface area contributed by atoms with Gasteiger partial charge in [0.05, 0.1) is 5.69 Å². The second-order valence-corrected chi connectivity index (χ2v) is 4.89. The molecule has 78 valence electrons. The highest BCUT2D eigenvalue weighted by atomic mass is 32.2. The third-order valence-electron chi connectivity index (χ3n) is 1.74. The molecule has 3 nitrogen and oxygen atoms in total. The number of carbonyl (C=O) groups is 1. The number of carbonyl (C=O) groups excluding carboxylic acids is 1. The number of nitrogens with one attached hydrogen (secondary N) is 1. The van der Waals surface area contributed by atoms with Gasteiger partial charge in [0.1, 0.15) is 5.00 Å². The van der Waals surface area contributed by atoms with Gasteiger partial charge in [0.2, 0.25) is 5.91 Å². The van der Waals surface area contributed by atoms with Gasteiger partial charge in [0.25, 0.3) is 0 Å². The second-order valence-electron chi connectivity index (χ2n) is 3.18. The number of aryl methyl sites for hydroxylation is 1. The highest BCUT2D eigenvalue weighted by molar-refractivity contribution is 7.98. The molecule has 1 heterocycles. The molecule has 0 saturated heterocycles. The van der Waals surface area contributed by atoms with Crippen LogP contribution in [0, 0.1) is 12.8 Å². The molecule has 0 fully saturated rings. The van der Waals surface area contributed by atoms with E-state index in [9.17, 15) is 4.79 Å². The van der Waals surface area contributed by atoms with Crippen LogP contribution in [0.25, 0.3) is 0 Å². The van der Waals surface area contributed by atoms with E-state index in [4.69, 9.17) is 0 Å². The number of hydrogen-bond donors (Lipinski definition) is 1. The van der Waals surface area contributed by atoms with Crippen molar-refractivity contribution >= 4 is 34.2 Å². The highest BCUT2D eigenvalue weighted by Crippen LogP contribution is 2.17. The normalized spacial score (nSPS) is 12.5. The molecule has 0 aliphatic rings. The van der Waals surface area contributed by atoms with Crippen LogP contribution in [-0.2, 0) is 4.79 Å². The summed E-state index contributed by atoms with van der Waals surface area (Å²) >= 11 is 3.01. The van der Waals surface area contributed by atoms with Crippen molar-refractivity contribution in [3.63, 3.8) is 0 Å². The number of thioether (sulfide) groups is 1. The summed E-state index contributed by atoms with van der Waals surface area (Å²) in [6.07, 6.45) is 2.00. The average Bonchev–Trinajstić information content (AvgIpc) is 2.51. The summed E-state index contributed by atoms with van der Waals surface area (Å²) < 4.78 is 4.10. The fourth-order valence-corrected chi connectivity index (χ4v) is 2.31. The van der Waals surface area contributed by atoms with Gasteiger partial charge in [-0.25, -0.2) is 0 Å². The molecule has 0 aromatic carbocycles. The zero-order valence-corrected chi connectivity index (χ0v) is 10.2. The molecule has 1 unspecified atom stereocenters. The van der Waals surface area contributed by atoms with Crippen LogP contribution >= 0.6 is 23.3 Å². The van der Waals surface area contributed by atoms with E-state index in [1.807, 2.05) is 26.2 Å². The summed E-state index contributed by atoms with van der Waals surface area (Å²) in [5, 5.41) is 3.68. The lowest BCUT2D eigenvalue weighted by atomic mass is 10.2. The third-order valence-corrected chi connectivity index (χ3v) is 3.37. The Labute approximate surface area is 92.5 Å². The van der Waals surface area contributed by atoms with Gasteiger partial charge in [-0.05, 0) is 30.8 Å². The molecule has 0 saturated carbocycles. The monoisotopic (exact) mass is 230 g/mol. The van der Waals surface area contributed by atoms with Crippen LogP contribution in [0.3, 0.4) is 0 Å². The molecule has 0 radical (unpaired) electrons. The fraction of sp³-hybridized carbons (Fsp3) is 0.556. The van der Waals surface area contributed by atoms with Crippen LogP contribution in [0.5, 0.6) is 0 Å². The van der Waals surface area contributed by atoms with Crippen LogP contribution in [-0.4, -0.2) is 22.3 Å². The first-order chi connectivity index (χ1) is 6.63. The molecular formula is C9H14N2OS2. The van der Waals surface area contributed by atoms with Crippen LogP contribution in [0.15, 0.2) is 6.07 Å². The summed E-state index contributed by atoms with van der Waals surface area (Å²) in [6, 6.07) is 1.88. The Morgan fingerprint density at radius 3 is 3.00 bits per heavy atom. The summed E-state index contributed by atoms with van der Waals surface area (Å²) in [5.41, 5.74) is 0.947. The van der Waals surface area contributed by atoms with Crippen molar-refractivity contribution in [1.82, 2.24) is 4.37 Å². The number of anilines is 1. The number of hydrogen-bond acceptors (Lipinski definition) is 4. The molecule has 14 heavy (non-hydrogen) atoms. The lowest BCUT2D eigenvalue weighted by molar-refractivity contribution is -0.118. The van der Waals surface area contributed by atoms with E-state index < -0.39 is 0 Å². The summed E-state index contributed by atoms with van der Waals surface area (Å²) in [7, 11) is 0. The van der Waals surface area contributed by atoms with Gasteiger partial charge in [-0.1, -0.05) is 6.92 Å². The Hall–Kier alpha value is -0.550. The molecule has 1 rings (SSSR count). The standard InChI is InChI=1S/C9H14N2OS2/c1-6(5-13-3)9(12)10-8-4-7(2)11-14-8/h4,6H,5H2,1-3H3,(H,10,12). The van der Waals surface area contributed by atoms with Crippen LogP contribution in [0.1, 0.15) is 12.6 Å².